The standard InChI is InChI=1S/C28H39N5O4/c1-4-37-28(36)33-14-11-20(15-18(33)2)16-19-9-12-32(13-10-19)21-5-6-22-24(17-21)31(3)30-26(22)23-7-8-25(34)29-27(23)35/h5-6,17-20,23H,4,7-16H2,1-3H3,(H,29,34,35)/t18-,20-,23?/m1/s1. The second-order valence-electron chi connectivity index (χ2n) is 11.0. The van der Waals surface area contributed by atoms with Crippen molar-refractivity contribution in [2.45, 2.75) is 70.8 Å². The lowest BCUT2D eigenvalue weighted by atomic mass is 9.81. The first kappa shape index (κ1) is 25.5. The molecular formula is C28H39N5O4. The van der Waals surface area contributed by atoms with E-state index < -0.39 is 0 Å². The quantitative estimate of drug-likeness (QED) is 0.613. The van der Waals surface area contributed by atoms with E-state index in [4.69, 9.17) is 4.74 Å². The number of nitrogens with one attached hydrogen (secondary N) is 1. The first-order chi connectivity index (χ1) is 17.8. The summed E-state index contributed by atoms with van der Waals surface area (Å²) in [6.07, 6.45) is 6.41. The van der Waals surface area contributed by atoms with Crippen LogP contribution in [-0.2, 0) is 21.4 Å². The van der Waals surface area contributed by atoms with Crippen molar-refractivity contribution in [2.24, 2.45) is 18.9 Å². The van der Waals surface area contributed by atoms with Gasteiger partial charge in [0.15, 0.2) is 0 Å². The Hall–Kier alpha value is -3.10. The Balaban J connectivity index is 1.18. The number of hydrogen-bond acceptors (Lipinski definition) is 6. The third-order valence-electron chi connectivity index (χ3n) is 8.57. The number of carbonyl (C=O) groups is 3. The van der Waals surface area contributed by atoms with Gasteiger partial charge in [0, 0.05) is 50.2 Å². The number of amides is 3. The summed E-state index contributed by atoms with van der Waals surface area (Å²) in [6.45, 7) is 7.30. The SMILES string of the molecule is CCOC(=O)N1CC[C@@H](CC2CCN(c3ccc4c(C5CCC(=O)NC5=O)nn(C)c4c3)CC2)C[C@H]1C. The van der Waals surface area contributed by atoms with Crippen molar-refractivity contribution in [1.82, 2.24) is 20.0 Å². The number of ether oxygens (including phenoxy) is 1. The summed E-state index contributed by atoms with van der Waals surface area (Å²) in [5.74, 6) is 0.568. The Morgan fingerprint density at radius 2 is 1.86 bits per heavy atom. The number of piperidine rings is 3. The van der Waals surface area contributed by atoms with Crippen LogP contribution >= 0.6 is 0 Å². The van der Waals surface area contributed by atoms with Crippen LogP contribution in [-0.4, -0.2) is 64.9 Å². The van der Waals surface area contributed by atoms with Gasteiger partial charge in [-0.2, -0.15) is 5.10 Å². The van der Waals surface area contributed by atoms with Gasteiger partial charge in [0.05, 0.1) is 23.7 Å². The Labute approximate surface area is 218 Å². The molecule has 9 heteroatoms. The highest BCUT2D eigenvalue weighted by Gasteiger charge is 2.33. The van der Waals surface area contributed by atoms with Crippen LogP contribution in [0.25, 0.3) is 10.9 Å². The van der Waals surface area contributed by atoms with Crippen LogP contribution in [0.3, 0.4) is 0 Å². The molecule has 3 aliphatic heterocycles. The van der Waals surface area contributed by atoms with Gasteiger partial charge in [-0.1, -0.05) is 0 Å². The Morgan fingerprint density at radius 1 is 1.11 bits per heavy atom. The molecule has 3 amide bonds. The van der Waals surface area contributed by atoms with Gasteiger partial charge >= 0.3 is 6.09 Å². The number of aryl methyl sites for hydroxylation is 1. The number of hydrogen-bond donors (Lipinski definition) is 1. The fraction of sp³-hybridized carbons (Fsp3) is 0.643. The van der Waals surface area contributed by atoms with E-state index in [0.29, 0.717) is 25.4 Å². The number of benzene rings is 1. The maximum Gasteiger partial charge on any atom is 0.409 e. The molecule has 3 saturated heterocycles. The van der Waals surface area contributed by atoms with Gasteiger partial charge in [-0.05, 0) is 82.4 Å². The maximum atomic E-state index is 12.4. The molecule has 1 aromatic carbocycles. The molecule has 3 fully saturated rings. The van der Waals surface area contributed by atoms with Crippen molar-refractivity contribution >= 4 is 34.5 Å². The summed E-state index contributed by atoms with van der Waals surface area (Å²) >= 11 is 0. The number of anilines is 1. The van der Waals surface area contributed by atoms with Gasteiger partial charge in [-0.25, -0.2) is 4.79 Å². The van der Waals surface area contributed by atoms with Crippen molar-refractivity contribution in [3.63, 3.8) is 0 Å². The molecule has 0 radical (unpaired) electrons. The zero-order valence-corrected chi connectivity index (χ0v) is 22.2. The summed E-state index contributed by atoms with van der Waals surface area (Å²) in [7, 11) is 1.92. The lowest BCUT2D eigenvalue weighted by molar-refractivity contribution is -0.134. The number of nitrogens with zero attached hydrogens (tertiary/aromatic N) is 4. The van der Waals surface area contributed by atoms with Gasteiger partial charge in [-0.3, -0.25) is 19.6 Å². The van der Waals surface area contributed by atoms with Crippen molar-refractivity contribution in [1.29, 1.82) is 0 Å². The van der Waals surface area contributed by atoms with Crippen LogP contribution in [0, 0.1) is 11.8 Å². The molecular weight excluding hydrogens is 470 g/mol. The minimum Gasteiger partial charge on any atom is -0.450 e. The van der Waals surface area contributed by atoms with E-state index in [1.165, 1.54) is 24.9 Å². The zero-order chi connectivity index (χ0) is 26.1. The number of carbonyl (C=O) groups excluding carboxylic acids is 3. The molecule has 0 saturated carbocycles. The second kappa shape index (κ2) is 10.7. The number of likely N-dealkylation sites (tertiary alicyclic amines) is 1. The average Bonchev–Trinajstić information content (AvgIpc) is 3.20. The fourth-order valence-corrected chi connectivity index (χ4v) is 6.54. The Kier molecular flexibility index (Phi) is 7.40. The number of imide groups is 1. The Morgan fingerprint density at radius 3 is 2.57 bits per heavy atom. The normalized spacial score (nSPS) is 25.4. The molecule has 5 rings (SSSR count). The van der Waals surface area contributed by atoms with Crippen molar-refractivity contribution in [2.75, 3.05) is 31.1 Å². The van der Waals surface area contributed by atoms with E-state index in [2.05, 4.69) is 40.4 Å². The van der Waals surface area contributed by atoms with Gasteiger partial charge in [0.2, 0.25) is 11.8 Å². The second-order valence-corrected chi connectivity index (χ2v) is 11.0. The van der Waals surface area contributed by atoms with Gasteiger partial charge in [-0.15, -0.1) is 0 Å². The molecule has 4 heterocycles. The average molecular weight is 510 g/mol. The van der Waals surface area contributed by atoms with Gasteiger partial charge < -0.3 is 14.5 Å². The number of aromatic nitrogens is 2. The molecule has 1 N–H and O–H groups in total. The number of fused-ring (bicyclic) bond motifs is 1. The lowest BCUT2D eigenvalue weighted by Gasteiger charge is -2.40. The van der Waals surface area contributed by atoms with Crippen LogP contribution in [0.2, 0.25) is 0 Å². The topological polar surface area (TPSA) is 96.8 Å². The van der Waals surface area contributed by atoms with E-state index in [0.717, 1.165) is 55.0 Å². The van der Waals surface area contributed by atoms with Crippen LogP contribution in [0.15, 0.2) is 18.2 Å². The van der Waals surface area contributed by atoms with Crippen LogP contribution in [0.4, 0.5) is 10.5 Å². The maximum absolute atomic E-state index is 12.4. The highest BCUT2D eigenvalue weighted by atomic mass is 16.6. The molecule has 1 unspecified atom stereocenters. The third kappa shape index (κ3) is 5.31. The Bertz CT molecular complexity index is 1170. The molecule has 0 bridgehead atoms. The number of rotatable bonds is 5. The summed E-state index contributed by atoms with van der Waals surface area (Å²) < 4.78 is 7.07. The van der Waals surface area contributed by atoms with E-state index in [-0.39, 0.29) is 29.9 Å². The lowest BCUT2D eigenvalue weighted by Crippen LogP contribution is -2.45. The van der Waals surface area contributed by atoms with E-state index >= 15 is 0 Å². The molecule has 3 atom stereocenters. The van der Waals surface area contributed by atoms with Gasteiger partial charge in [0.1, 0.15) is 0 Å². The van der Waals surface area contributed by atoms with Crippen LogP contribution in [0.5, 0.6) is 0 Å². The summed E-state index contributed by atoms with van der Waals surface area (Å²) in [6, 6.07) is 6.66. The molecule has 2 aromatic rings. The molecule has 9 nitrogen and oxygen atoms in total. The molecule has 0 spiro atoms. The zero-order valence-electron chi connectivity index (χ0n) is 22.2. The van der Waals surface area contributed by atoms with Crippen LogP contribution < -0.4 is 10.2 Å². The van der Waals surface area contributed by atoms with Crippen molar-refractivity contribution in [3.8, 4) is 0 Å². The highest BCUT2D eigenvalue weighted by molar-refractivity contribution is 6.02. The molecule has 1 aromatic heterocycles. The minimum atomic E-state index is -0.380. The van der Waals surface area contributed by atoms with Crippen molar-refractivity contribution < 1.29 is 19.1 Å². The molecule has 0 aliphatic carbocycles. The molecule has 200 valence electrons. The highest BCUT2D eigenvalue weighted by Crippen LogP contribution is 2.36. The first-order valence-corrected chi connectivity index (χ1v) is 13.8. The third-order valence-corrected chi connectivity index (χ3v) is 8.57. The summed E-state index contributed by atoms with van der Waals surface area (Å²) in [5, 5.41) is 8.12. The van der Waals surface area contributed by atoms with Gasteiger partial charge in [0.25, 0.3) is 0 Å². The van der Waals surface area contributed by atoms with E-state index in [1.54, 1.807) is 0 Å². The summed E-state index contributed by atoms with van der Waals surface area (Å²) in [5.41, 5.74) is 2.97. The fourth-order valence-electron chi connectivity index (χ4n) is 6.54. The van der Waals surface area contributed by atoms with Crippen LogP contribution in [0.1, 0.15) is 70.4 Å². The molecule has 37 heavy (non-hydrogen) atoms. The minimum absolute atomic E-state index is 0.170. The monoisotopic (exact) mass is 509 g/mol. The first-order valence-electron chi connectivity index (χ1n) is 13.8. The predicted molar refractivity (Wildman–Crippen MR) is 141 cm³/mol. The molecule has 3 aliphatic rings. The predicted octanol–water partition coefficient (Wildman–Crippen LogP) is 3.96. The van der Waals surface area contributed by atoms with E-state index in [9.17, 15) is 14.4 Å². The largest absolute Gasteiger partial charge is 0.450 e. The van der Waals surface area contributed by atoms with Crippen molar-refractivity contribution in [3.05, 3.63) is 23.9 Å². The smallest absolute Gasteiger partial charge is 0.409 e. The van der Waals surface area contributed by atoms with E-state index in [1.807, 2.05) is 23.6 Å². The summed E-state index contributed by atoms with van der Waals surface area (Å²) in [4.78, 5) is 40.5.